The number of hydrogen-bond acceptors (Lipinski definition) is 7. The third-order valence-electron chi connectivity index (χ3n) is 6.29. The standard InChI is InChI=1S/C35H34BrN3O3S/c1-35(2,3)23-32(40)42-39-31(21-22-43-30-19-13-27(36)14-20-30)33(37)24-9-15-28(16-10-24)38-29-17-11-26(12-18-29)34(41)25-7-5-4-6-8-25/h4-20,37-38H,21-23H2,1-3H3/b37-33?,39-31+. The third kappa shape index (κ3) is 10.0. The van der Waals surface area contributed by atoms with Gasteiger partial charge in [0, 0.05) is 49.6 Å². The van der Waals surface area contributed by atoms with E-state index in [1.807, 2.05) is 99.6 Å². The van der Waals surface area contributed by atoms with Gasteiger partial charge in [-0.05, 0) is 66.1 Å². The molecule has 4 rings (SSSR count). The number of anilines is 2. The van der Waals surface area contributed by atoms with E-state index in [1.54, 1.807) is 36.0 Å². The number of rotatable bonds is 12. The van der Waals surface area contributed by atoms with E-state index in [4.69, 9.17) is 10.2 Å². The second-order valence-electron chi connectivity index (χ2n) is 11.1. The van der Waals surface area contributed by atoms with E-state index in [0.717, 1.165) is 20.7 Å². The molecule has 0 amide bonds. The molecule has 0 aliphatic carbocycles. The van der Waals surface area contributed by atoms with E-state index in [0.29, 0.717) is 34.6 Å². The predicted octanol–water partition coefficient (Wildman–Crippen LogP) is 9.31. The summed E-state index contributed by atoms with van der Waals surface area (Å²) in [6.07, 6.45) is 0.683. The Morgan fingerprint density at radius 2 is 1.37 bits per heavy atom. The smallest absolute Gasteiger partial charge is 0.335 e. The van der Waals surface area contributed by atoms with Crippen LogP contribution in [0.15, 0.2) is 118 Å². The number of carbonyl (C=O) groups excluding carboxylic acids is 2. The number of carbonyl (C=O) groups is 2. The molecule has 0 atom stereocenters. The minimum absolute atomic E-state index is 0.0215. The molecule has 220 valence electrons. The van der Waals surface area contributed by atoms with Crippen LogP contribution in [0.4, 0.5) is 11.4 Å². The summed E-state index contributed by atoms with van der Waals surface area (Å²) in [5.41, 5.74) is 3.99. The van der Waals surface area contributed by atoms with E-state index < -0.39 is 5.97 Å². The summed E-state index contributed by atoms with van der Waals surface area (Å²) in [6.45, 7) is 5.89. The van der Waals surface area contributed by atoms with Gasteiger partial charge in [0.1, 0.15) is 5.71 Å². The first-order valence-corrected chi connectivity index (χ1v) is 15.7. The zero-order valence-electron chi connectivity index (χ0n) is 24.4. The molecule has 0 saturated heterocycles. The monoisotopic (exact) mass is 655 g/mol. The first kappa shape index (κ1) is 31.9. The molecule has 4 aromatic carbocycles. The number of oxime groups is 1. The summed E-state index contributed by atoms with van der Waals surface area (Å²) in [6, 6.07) is 32.0. The zero-order chi connectivity index (χ0) is 30.8. The van der Waals surface area contributed by atoms with Gasteiger partial charge in [-0.15, -0.1) is 11.8 Å². The maximum atomic E-state index is 12.7. The molecular weight excluding hydrogens is 622 g/mol. The average molecular weight is 657 g/mol. The van der Waals surface area contributed by atoms with Crippen molar-refractivity contribution in [2.24, 2.45) is 10.6 Å². The van der Waals surface area contributed by atoms with E-state index >= 15 is 0 Å². The van der Waals surface area contributed by atoms with Crippen LogP contribution in [-0.2, 0) is 9.63 Å². The Morgan fingerprint density at radius 1 is 0.814 bits per heavy atom. The lowest BCUT2D eigenvalue weighted by Crippen LogP contribution is -2.19. The maximum absolute atomic E-state index is 12.7. The Kier molecular flexibility index (Phi) is 11.1. The van der Waals surface area contributed by atoms with E-state index in [9.17, 15) is 9.59 Å². The van der Waals surface area contributed by atoms with E-state index in [1.165, 1.54) is 0 Å². The van der Waals surface area contributed by atoms with Gasteiger partial charge in [-0.1, -0.05) is 84.3 Å². The molecule has 0 aliphatic rings. The van der Waals surface area contributed by atoms with Crippen LogP contribution in [0.1, 0.15) is 55.1 Å². The molecule has 0 aliphatic heterocycles. The second-order valence-corrected chi connectivity index (χ2v) is 13.2. The predicted molar refractivity (Wildman–Crippen MR) is 180 cm³/mol. The minimum Gasteiger partial charge on any atom is -0.356 e. The lowest BCUT2D eigenvalue weighted by Gasteiger charge is -2.15. The number of thioether (sulfide) groups is 1. The van der Waals surface area contributed by atoms with Gasteiger partial charge in [0.05, 0.1) is 12.1 Å². The van der Waals surface area contributed by atoms with Crippen LogP contribution in [0.2, 0.25) is 0 Å². The number of ketones is 1. The van der Waals surface area contributed by atoms with Crippen LogP contribution in [0.25, 0.3) is 0 Å². The van der Waals surface area contributed by atoms with Gasteiger partial charge >= 0.3 is 5.97 Å². The SMILES string of the molecule is CC(C)(C)CC(=O)O/N=C(\CCSc1ccc(Br)cc1)C(=N)c1ccc(Nc2ccc(C(=O)c3ccccc3)cc2)cc1. The van der Waals surface area contributed by atoms with Crippen LogP contribution in [0, 0.1) is 10.8 Å². The molecule has 0 bridgehead atoms. The largest absolute Gasteiger partial charge is 0.356 e. The van der Waals surface area contributed by atoms with Crippen molar-refractivity contribution < 1.29 is 14.4 Å². The highest BCUT2D eigenvalue weighted by Crippen LogP contribution is 2.24. The zero-order valence-corrected chi connectivity index (χ0v) is 26.8. The lowest BCUT2D eigenvalue weighted by molar-refractivity contribution is -0.145. The van der Waals surface area contributed by atoms with Crippen LogP contribution in [0.5, 0.6) is 0 Å². The minimum atomic E-state index is -0.422. The summed E-state index contributed by atoms with van der Waals surface area (Å²) in [4.78, 5) is 31.4. The van der Waals surface area contributed by atoms with Gasteiger partial charge in [-0.25, -0.2) is 4.79 Å². The quantitative estimate of drug-likeness (QED) is 0.0522. The molecule has 0 heterocycles. The first-order chi connectivity index (χ1) is 20.6. The van der Waals surface area contributed by atoms with Crippen LogP contribution in [0.3, 0.4) is 0 Å². The molecule has 4 aromatic rings. The Hall–Kier alpha value is -4.01. The van der Waals surface area contributed by atoms with Gasteiger partial charge in [-0.3, -0.25) is 10.2 Å². The Balaban J connectivity index is 1.42. The fourth-order valence-corrected chi connectivity index (χ4v) is 5.22. The number of nitrogens with one attached hydrogen (secondary N) is 2. The summed E-state index contributed by atoms with van der Waals surface area (Å²) < 4.78 is 1.01. The van der Waals surface area contributed by atoms with Gasteiger partial charge in [0.15, 0.2) is 5.78 Å². The molecule has 6 nitrogen and oxygen atoms in total. The molecule has 0 saturated carbocycles. The Labute approximate surface area is 265 Å². The molecule has 43 heavy (non-hydrogen) atoms. The van der Waals surface area contributed by atoms with Gasteiger partial charge in [0.25, 0.3) is 0 Å². The Bertz CT molecular complexity index is 1580. The maximum Gasteiger partial charge on any atom is 0.335 e. The molecule has 2 N–H and O–H groups in total. The number of nitrogens with zero attached hydrogens (tertiary/aromatic N) is 1. The lowest BCUT2D eigenvalue weighted by atomic mass is 9.93. The van der Waals surface area contributed by atoms with E-state index in [-0.39, 0.29) is 23.3 Å². The summed E-state index contributed by atoms with van der Waals surface area (Å²) >= 11 is 5.10. The highest BCUT2D eigenvalue weighted by molar-refractivity contribution is 9.10. The first-order valence-electron chi connectivity index (χ1n) is 13.9. The van der Waals surface area contributed by atoms with Crippen molar-refractivity contribution in [2.75, 3.05) is 11.1 Å². The second kappa shape index (κ2) is 14.9. The van der Waals surface area contributed by atoms with Crippen LogP contribution >= 0.6 is 27.7 Å². The highest BCUT2D eigenvalue weighted by atomic mass is 79.9. The molecule has 8 heteroatoms. The number of hydrogen-bond donors (Lipinski definition) is 2. The molecular formula is C35H34BrN3O3S. The summed E-state index contributed by atoms with van der Waals surface area (Å²) in [5, 5.41) is 16.3. The van der Waals surface area contributed by atoms with Crippen molar-refractivity contribution in [1.82, 2.24) is 0 Å². The summed E-state index contributed by atoms with van der Waals surface area (Å²) in [5.74, 6) is 0.225. The van der Waals surface area contributed by atoms with Crippen molar-refractivity contribution in [3.8, 4) is 0 Å². The van der Waals surface area contributed by atoms with Gasteiger partial charge < -0.3 is 10.2 Å². The molecule has 0 aromatic heterocycles. The van der Waals surface area contributed by atoms with Crippen LogP contribution < -0.4 is 5.32 Å². The molecule has 0 unspecified atom stereocenters. The number of halogens is 1. The average Bonchev–Trinajstić information content (AvgIpc) is 2.99. The summed E-state index contributed by atoms with van der Waals surface area (Å²) in [7, 11) is 0. The van der Waals surface area contributed by atoms with E-state index in [2.05, 4.69) is 26.4 Å². The highest BCUT2D eigenvalue weighted by Gasteiger charge is 2.19. The fourth-order valence-electron chi connectivity index (χ4n) is 4.10. The molecule has 0 radical (unpaired) electrons. The van der Waals surface area contributed by atoms with Gasteiger partial charge in [0.2, 0.25) is 0 Å². The van der Waals surface area contributed by atoms with Crippen molar-refractivity contribution in [3.63, 3.8) is 0 Å². The fraction of sp³-hybridized carbons (Fsp3) is 0.200. The van der Waals surface area contributed by atoms with Crippen molar-refractivity contribution in [2.45, 2.75) is 38.5 Å². The van der Waals surface area contributed by atoms with Crippen molar-refractivity contribution in [1.29, 1.82) is 5.41 Å². The molecule has 0 spiro atoms. The Morgan fingerprint density at radius 3 is 1.95 bits per heavy atom. The third-order valence-corrected chi connectivity index (χ3v) is 7.83. The molecule has 0 fully saturated rings. The van der Waals surface area contributed by atoms with Crippen molar-refractivity contribution >= 4 is 62.2 Å². The van der Waals surface area contributed by atoms with Crippen molar-refractivity contribution in [3.05, 3.63) is 124 Å². The van der Waals surface area contributed by atoms with Gasteiger partial charge in [-0.2, -0.15) is 0 Å². The number of benzene rings is 4. The van der Waals surface area contributed by atoms with Crippen LogP contribution in [-0.4, -0.2) is 28.9 Å². The topological polar surface area (TPSA) is 91.6 Å². The normalized spacial score (nSPS) is 11.6.